The van der Waals surface area contributed by atoms with Crippen LogP contribution in [0.15, 0.2) is 42.5 Å². The number of nitrogens with one attached hydrogen (secondary N) is 3. The van der Waals surface area contributed by atoms with Gasteiger partial charge >= 0.3 is 0 Å². The zero-order chi connectivity index (χ0) is 14.4. The molecule has 0 aliphatic heterocycles. The number of rotatable bonds is 5. The Balaban J connectivity index is 2.12. The largest absolute Gasteiger partial charge is 0.384 e. The van der Waals surface area contributed by atoms with Crippen molar-refractivity contribution in [1.29, 1.82) is 0 Å². The van der Waals surface area contributed by atoms with Crippen molar-refractivity contribution in [2.75, 3.05) is 28.4 Å². The maximum absolute atomic E-state index is 11.4. The van der Waals surface area contributed by atoms with Crippen molar-refractivity contribution >= 4 is 28.9 Å². The SMILES string of the molecule is NCC(=O)Nc1nc(N)ccc1NNc1ccccc1. The molecule has 20 heavy (non-hydrogen) atoms. The fourth-order valence-electron chi connectivity index (χ4n) is 1.51. The molecule has 1 aromatic heterocycles. The van der Waals surface area contributed by atoms with E-state index in [1.54, 1.807) is 12.1 Å². The van der Waals surface area contributed by atoms with Gasteiger partial charge in [-0.1, -0.05) is 18.2 Å². The van der Waals surface area contributed by atoms with Gasteiger partial charge in [0, 0.05) is 0 Å². The number of nitrogens with zero attached hydrogens (tertiary/aromatic N) is 1. The summed E-state index contributed by atoms with van der Waals surface area (Å²) >= 11 is 0. The molecule has 7 heteroatoms. The Morgan fingerprint density at radius 1 is 1.10 bits per heavy atom. The lowest BCUT2D eigenvalue weighted by molar-refractivity contribution is -0.114. The highest BCUT2D eigenvalue weighted by Crippen LogP contribution is 2.20. The fourth-order valence-corrected chi connectivity index (χ4v) is 1.51. The molecule has 7 nitrogen and oxygen atoms in total. The molecule has 0 saturated carbocycles. The number of benzene rings is 1. The van der Waals surface area contributed by atoms with E-state index in [1.165, 1.54) is 0 Å². The van der Waals surface area contributed by atoms with Gasteiger partial charge in [0.2, 0.25) is 5.91 Å². The van der Waals surface area contributed by atoms with Crippen LogP contribution in [0.25, 0.3) is 0 Å². The van der Waals surface area contributed by atoms with E-state index in [4.69, 9.17) is 11.5 Å². The van der Waals surface area contributed by atoms with E-state index in [0.29, 0.717) is 17.3 Å². The lowest BCUT2D eigenvalue weighted by Gasteiger charge is -2.14. The van der Waals surface area contributed by atoms with E-state index >= 15 is 0 Å². The summed E-state index contributed by atoms with van der Waals surface area (Å²) < 4.78 is 0. The highest BCUT2D eigenvalue weighted by Gasteiger charge is 2.07. The molecule has 0 aliphatic rings. The second kappa shape index (κ2) is 6.39. The van der Waals surface area contributed by atoms with Gasteiger partial charge in [-0.05, 0) is 24.3 Å². The average molecular weight is 272 g/mol. The third kappa shape index (κ3) is 3.59. The minimum Gasteiger partial charge on any atom is -0.384 e. The molecule has 0 saturated heterocycles. The predicted molar refractivity (Wildman–Crippen MR) is 80.0 cm³/mol. The zero-order valence-electron chi connectivity index (χ0n) is 10.8. The van der Waals surface area contributed by atoms with Gasteiger partial charge in [0.15, 0.2) is 5.82 Å². The molecule has 0 atom stereocenters. The summed E-state index contributed by atoms with van der Waals surface area (Å²) in [5.74, 6) is 0.289. The second-order valence-corrected chi connectivity index (χ2v) is 4.00. The maximum atomic E-state index is 11.4. The van der Waals surface area contributed by atoms with Crippen molar-refractivity contribution < 1.29 is 4.79 Å². The van der Waals surface area contributed by atoms with E-state index in [1.807, 2.05) is 30.3 Å². The van der Waals surface area contributed by atoms with E-state index in [9.17, 15) is 4.79 Å². The molecule has 7 N–H and O–H groups in total. The summed E-state index contributed by atoms with van der Waals surface area (Å²) in [6.07, 6.45) is 0. The topological polar surface area (TPSA) is 118 Å². The van der Waals surface area contributed by atoms with E-state index < -0.39 is 0 Å². The van der Waals surface area contributed by atoms with Crippen LogP contribution in [0.2, 0.25) is 0 Å². The predicted octanol–water partition coefficient (Wildman–Crippen LogP) is 1.000. The normalized spacial score (nSPS) is 9.85. The van der Waals surface area contributed by atoms with Gasteiger partial charge < -0.3 is 22.2 Å². The first kappa shape index (κ1) is 13.6. The molecule has 1 amide bonds. The number of pyridine rings is 1. The van der Waals surface area contributed by atoms with Gasteiger partial charge in [-0.2, -0.15) is 0 Å². The Hall–Kier alpha value is -2.80. The van der Waals surface area contributed by atoms with Crippen LogP contribution in [0, 0.1) is 0 Å². The number of para-hydroxylation sites is 1. The Labute approximate surface area is 116 Å². The number of carbonyl (C=O) groups excluding carboxylic acids is 1. The Morgan fingerprint density at radius 2 is 1.85 bits per heavy atom. The van der Waals surface area contributed by atoms with Gasteiger partial charge in [0.05, 0.1) is 17.9 Å². The molecule has 2 rings (SSSR count). The number of nitrogens with two attached hydrogens (primary N) is 2. The van der Waals surface area contributed by atoms with Crippen molar-refractivity contribution in [2.24, 2.45) is 5.73 Å². The van der Waals surface area contributed by atoms with Crippen LogP contribution in [0.5, 0.6) is 0 Å². The fraction of sp³-hybridized carbons (Fsp3) is 0.0769. The standard InChI is InChI=1S/C13H16N6O/c14-8-12(20)17-13-10(6-7-11(15)16-13)19-18-9-4-2-1-3-5-9/h1-7,18-19H,8,14H2,(H3,15,16,17,20). The van der Waals surface area contributed by atoms with E-state index in [2.05, 4.69) is 21.2 Å². The van der Waals surface area contributed by atoms with Crippen LogP contribution < -0.4 is 27.6 Å². The van der Waals surface area contributed by atoms with E-state index in [-0.39, 0.29) is 12.5 Å². The quantitative estimate of drug-likeness (QED) is 0.518. The Morgan fingerprint density at radius 3 is 2.55 bits per heavy atom. The molecule has 1 heterocycles. The molecule has 0 unspecified atom stereocenters. The summed E-state index contributed by atoms with van der Waals surface area (Å²) in [7, 11) is 0. The third-order valence-corrected chi connectivity index (χ3v) is 2.48. The van der Waals surface area contributed by atoms with Gasteiger partial charge in [0.25, 0.3) is 0 Å². The highest BCUT2D eigenvalue weighted by molar-refractivity contribution is 5.94. The van der Waals surface area contributed by atoms with Crippen LogP contribution in [-0.2, 0) is 4.79 Å². The van der Waals surface area contributed by atoms with Crippen LogP contribution >= 0.6 is 0 Å². The highest BCUT2D eigenvalue weighted by atomic mass is 16.1. The smallest absolute Gasteiger partial charge is 0.239 e. The van der Waals surface area contributed by atoms with Crippen LogP contribution in [0.3, 0.4) is 0 Å². The summed E-state index contributed by atoms with van der Waals surface area (Å²) in [4.78, 5) is 15.4. The molecule has 0 fully saturated rings. The summed E-state index contributed by atoms with van der Waals surface area (Å²) in [6, 6.07) is 12.9. The molecule has 2 aromatic rings. The molecular formula is C13H16N6O. The minimum absolute atomic E-state index is 0.123. The average Bonchev–Trinajstić information content (AvgIpc) is 2.47. The number of nitrogen functional groups attached to an aromatic ring is 1. The monoisotopic (exact) mass is 272 g/mol. The summed E-state index contributed by atoms with van der Waals surface area (Å²) in [6.45, 7) is -0.123. The van der Waals surface area contributed by atoms with Gasteiger partial charge in [-0.3, -0.25) is 10.2 Å². The zero-order valence-corrected chi connectivity index (χ0v) is 10.8. The summed E-state index contributed by atoms with van der Waals surface area (Å²) in [5, 5.41) is 2.58. The summed E-state index contributed by atoms with van der Waals surface area (Å²) in [5.41, 5.74) is 18.3. The number of hydrazine groups is 1. The Kier molecular flexibility index (Phi) is 4.35. The minimum atomic E-state index is -0.342. The number of hydrogen-bond acceptors (Lipinski definition) is 6. The number of carbonyl (C=O) groups is 1. The molecule has 1 aromatic carbocycles. The Bertz CT molecular complexity index is 587. The molecule has 0 aliphatic carbocycles. The van der Waals surface area contributed by atoms with Crippen molar-refractivity contribution in [3.8, 4) is 0 Å². The lowest BCUT2D eigenvalue weighted by atomic mass is 10.3. The number of aromatic nitrogens is 1. The number of anilines is 4. The molecule has 104 valence electrons. The van der Waals surface area contributed by atoms with Gasteiger partial charge in [-0.15, -0.1) is 0 Å². The third-order valence-electron chi connectivity index (χ3n) is 2.48. The molecule has 0 radical (unpaired) electrons. The number of amides is 1. The molecule has 0 spiro atoms. The lowest BCUT2D eigenvalue weighted by Crippen LogP contribution is -2.23. The first-order chi connectivity index (χ1) is 9.69. The van der Waals surface area contributed by atoms with E-state index in [0.717, 1.165) is 5.69 Å². The van der Waals surface area contributed by atoms with Gasteiger partial charge in [-0.25, -0.2) is 4.98 Å². The van der Waals surface area contributed by atoms with Crippen molar-refractivity contribution in [3.05, 3.63) is 42.5 Å². The van der Waals surface area contributed by atoms with Crippen LogP contribution in [0.1, 0.15) is 0 Å². The van der Waals surface area contributed by atoms with Crippen LogP contribution in [0.4, 0.5) is 23.0 Å². The first-order valence-corrected chi connectivity index (χ1v) is 6.02. The number of hydrogen-bond donors (Lipinski definition) is 5. The van der Waals surface area contributed by atoms with Gasteiger partial charge in [0.1, 0.15) is 5.82 Å². The maximum Gasteiger partial charge on any atom is 0.239 e. The molecule has 0 bridgehead atoms. The molecular weight excluding hydrogens is 256 g/mol. The van der Waals surface area contributed by atoms with Crippen molar-refractivity contribution in [1.82, 2.24) is 4.98 Å². The van der Waals surface area contributed by atoms with Crippen molar-refractivity contribution in [3.63, 3.8) is 0 Å². The first-order valence-electron chi connectivity index (χ1n) is 6.02. The second-order valence-electron chi connectivity index (χ2n) is 4.00. The van der Waals surface area contributed by atoms with Crippen LogP contribution in [-0.4, -0.2) is 17.4 Å². The van der Waals surface area contributed by atoms with Crippen molar-refractivity contribution in [2.45, 2.75) is 0 Å².